The van der Waals surface area contributed by atoms with E-state index in [-0.39, 0.29) is 0 Å². The fourth-order valence-corrected chi connectivity index (χ4v) is 1.20. The minimum Gasteiger partial charge on any atom is -0.497 e. The van der Waals surface area contributed by atoms with E-state index in [1.165, 1.54) is 5.56 Å². The van der Waals surface area contributed by atoms with E-state index in [2.05, 4.69) is 5.16 Å². The Balaban J connectivity index is 2.58. The van der Waals surface area contributed by atoms with Crippen LogP contribution < -0.4 is 4.74 Å². The number of aryl methyl sites for hydroxylation is 1. The van der Waals surface area contributed by atoms with Crippen molar-refractivity contribution in [3.63, 3.8) is 0 Å². The van der Waals surface area contributed by atoms with E-state index in [0.717, 1.165) is 24.3 Å². The Bertz CT molecular complexity index is 321. The minimum atomic E-state index is 0.743. The number of nitrogens with zero attached hydrogens (tertiary/aromatic N) is 1. The highest BCUT2D eigenvalue weighted by Crippen LogP contribution is 2.13. The summed E-state index contributed by atoms with van der Waals surface area (Å²) >= 11 is 0. The molecule has 0 aliphatic carbocycles. The Morgan fingerprint density at radius 3 is 2.93 bits per heavy atom. The highest BCUT2D eigenvalue weighted by atomic mass is 16.5. The van der Waals surface area contributed by atoms with Gasteiger partial charge in [0.2, 0.25) is 0 Å². The molecule has 0 spiro atoms. The SMILES string of the molecule is COc1cccc(CCC(C)=NO)c1. The fraction of sp³-hybridized carbons (Fsp3) is 0.364. The van der Waals surface area contributed by atoms with Crippen molar-refractivity contribution in [3.05, 3.63) is 29.8 Å². The molecule has 0 bridgehead atoms. The molecule has 76 valence electrons. The largest absolute Gasteiger partial charge is 0.497 e. The van der Waals surface area contributed by atoms with Crippen LogP contribution in [0.4, 0.5) is 0 Å². The molecule has 0 aliphatic heterocycles. The Hall–Kier alpha value is -1.51. The highest BCUT2D eigenvalue weighted by Gasteiger charge is 1.97. The average Bonchev–Trinajstić information content (AvgIpc) is 2.26. The third-order valence-corrected chi connectivity index (χ3v) is 2.08. The van der Waals surface area contributed by atoms with Crippen LogP contribution in [-0.4, -0.2) is 18.0 Å². The maximum Gasteiger partial charge on any atom is 0.119 e. The molecule has 3 heteroatoms. The van der Waals surface area contributed by atoms with Crippen molar-refractivity contribution >= 4 is 5.71 Å². The van der Waals surface area contributed by atoms with Crippen LogP contribution in [0.2, 0.25) is 0 Å². The Morgan fingerprint density at radius 1 is 1.50 bits per heavy atom. The van der Waals surface area contributed by atoms with E-state index >= 15 is 0 Å². The quantitative estimate of drug-likeness (QED) is 0.453. The molecular formula is C11H15NO2. The van der Waals surface area contributed by atoms with E-state index < -0.39 is 0 Å². The summed E-state index contributed by atoms with van der Waals surface area (Å²) in [6, 6.07) is 7.90. The lowest BCUT2D eigenvalue weighted by Gasteiger charge is -2.03. The predicted octanol–water partition coefficient (Wildman–Crippen LogP) is 2.48. The zero-order valence-corrected chi connectivity index (χ0v) is 8.53. The minimum absolute atomic E-state index is 0.743. The first-order chi connectivity index (χ1) is 6.76. The molecule has 0 fully saturated rings. The number of hydrogen-bond donors (Lipinski definition) is 1. The molecule has 0 unspecified atom stereocenters. The molecule has 0 saturated heterocycles. The van der Waals surface area contributed by atoms with Crippen molar-refractivity contribution in [2.24, 2.45) is 5.16 Å². The van der Waals surface area contributed by atoms with Crippen LogP contribution in [-0.2, 0) is 6.42 Å². The van der Waals surface area contributed by atoms with Crippen LogP contribution in [0.1, 0.15) is 18.9 Å². The van der Waals surface area contributed by atoms with E-state index in [0.29, 0.717) is 0 Å². The molecule has 0 saturated carbocycles. The second-order valence-electron chi connectivity index (χ2n) is 3.19. The molecule has 1 aromatic carbocycles. The summed E-state index contributed by atoms with van der Waals surface area (Å²) in [5.74, 6) is 0.862. The first-order valence-electron chi connectivity index (χ1n) is 4.56. The van der Waals surface area contributed by atoms with Gasteiger partial charge in [0.05, 0.1) is 12.8 Å². The summed E-state index contributed by atoms with van der Waals surface area (Å²) in [6.45, 7) is 1.81. The molecular weight excluding hydrogens is 178 g/mol. The lowest BCUT2D eigenvalue weighted by molar-refractivity contribution is 0.317. The van der Waals surface area contributed by atoms with Crippen LogP contribution in [0.5, 0.6) is 5.75 Å². The monoisotopic (exact) mass is 193 g/mol. The molecule has 0 amide bonds. The highest BCUT2D eigenvalue weighted by molar-refractivity contribution is 5.81. The van der Waals surface area contributed by atoms with Crippen molar-refractivity contribution in [3.8, 4) is 5.75 Å². The normalized spacial score (nSPS) is 11.4. The molecule has 0 heterocycles. The van der Waals surface area contributed by atoms with E-state index in [1.807, 2.05) is 24.3 Å². The third-order valence-electron chi connectivity index (χ3n) is 2.08. The Labute approximate surface area is 84.0 Å². The topological polar surface area (TPSA) is 41.8 Å². The van der Waals surface area contributed by atoms with Crippen molar-refractivity contribution in [2.75, 3.05) is 7.11 Å². The van der Waals surface area contributed by atoms with Gasteiger partial charge in [-0.2, -0.15) is 0 Å². The van der Waals surface area contributed by atoms with E-state index in [1.54, 1.807) is 14.0 Å². The van der Waals surface area contributed by atoms with Gasteiger partial charge in [0, 0.05) is 0 Å². The van der Waals surface area contributed by atoms with Gasteiger partial charge < -0.3 is 9.94 Å². The Morgan fingerprint density at radius 2 is 2.29 bits per heavy atom. The number of oxime groups is 1. The molecule has 3 nitrogen and oxygen atoms in total. The molecule has 14 heavy (non-hydrogen) atoms. The number of benzene rings is 1. The second kappa shape index (κ2) is 5.27. The lowest BCUT2D eigenvalue weighted by Crippen LogP contribution is -1.95. The maximum absolute atomic E-state index is 8.48. The van der Waals surface area contributed by atoms with Gasteiger partial charge in [-0.15, -0.1) is 0 Å². The van der Waals surface area contributed by atoms with Gasteiger partial charge in [-0.3, -0.25) is 0 Å². The zero-order valence-electron chi connectivity index (χ0n) is 8.53. The Kier molecular flexibility index (Phi) is 3.98. The van der Waals surface area contributed by atoms with Gasteiger partial charge in [0.25, 0.3) is 0 Å². The number of methoxy groups -OCH3 is 1. The lowest BCUT2D eigenvalue weighted by atomic mass is 10.1. The van der Waals surface area contributed by atoms with Gasteiger partial charge in [0.15, 0.2) is 0 Å². The second-order valence-corrected chi connectivity index (χ2v) is 3.19. The first kappa shape index (κ1) is 10.6. The number of hydrogen-bond acceptors (Lipinski definition) is 3. The van der Waals surface area contributed by atoms with E-state index in [4.69, 9.17) is 9.94 Å². The van der Waals surface area contributed by atoms with Gasteiger partial charge in [-0.05, 0) is 37.5 Å². The summed E-state index contributed by atoms with van der Waals surface area (Å²) in [6.07, 6.45) is 1.64. The number of rotatable bonds is 4. The first-order valence-corrected chi connectivity index (χ1v) is 4.56. The van der Waals surface area contributed by atoms with Crippen molar-refractivity contribution in [1.82, 2.24) is 0 Å². The van der Waals surface area contributed by atoms with Crippen molar-refractivity contribution in [2.45, 2.75) is 19.8 Å². The molecule has 0 aliphatic rings. The van der Waals surface area contributed by atoms with Gasteiger partial charge in [-0.1, -0.05) is 17.3 Å². The van der Waals surface area contributed by atoms with Crippen LogP contribution in [0.3, 0.4) is 0 Å². The molecule has 1 rings (SSSR count). The molecule has 1 N–H and O–H groups in total. The third kappa shape index (κ3) is 3.09. The van der Waals surface area contributed by atoms with Gasteiger partial charge in [0.1, 0.15) is 5.75 Å². The average molecular weight is 193 g/mol. The van der Waals surface area contributed by atoms with Crippen LogP contribution in [0, 0.1) is 0 Å². The summed E-state index contributed by atoms with van der Waals surface area (Å²) in [4.78, 5) is 0. The van der Waals surface area contributed by atoms with Crippen LogP contribution in [0.15, 0.2) is 29.4 Å². The van der Waals surface area contributed by atoms with E-state index in [9.17, 15) is 0 Å². The standard InChI is InChI=1S/C11H15NO2/c1-9(12-13)6-7-10-4-3-5-11(8-10)14-2/h3-5,8,13H,6-7H2,1-2H3. The molecule has 1 aromatic rings. The van der Waals surface area contributed by atoms with Gasteiger partial charge >= 0.3 is 0 Å². The zero-order chi connectivity index (χ0) is 10.4. The fourth-order valence-electron chi connectivity index (χ4n) is 1.20. The molecule has 0 atom stereocenters. The summed E-state index contributed by atoms with van der Waals surface area (Å²) in [7, 11) is 1.65. The van der Waals surface area contributed by atoms with Crippen molar-refractivity contribution in [1.29, 1.82) is 0 Å². The van der Waals surface area contributed by atoms with Crippen LogP contribution >= 0.6 is 0 Å². The summed E-state index contributed by atoms with van der Waals surface area (Å²) in [5, 5.41) is 11.6. The maximum atomic E-state index is 8.48. The predicted molar refractivity (Wildman–Crippen MR) is 56.2 cm³/mol. The summed E-state index contributed by atoms with van der Waals surface area (Å²) < 4.78 is 5.11. The van der Waals surface area contributed by atoms with Crippen LogP contribution in [0.25, 0.3) is 0 Å². The van der Waals surface area contributed by atoms with Gasteiger partial charge in [-0.25, -0.2) is 0 Å². The molecule has 0 radical (unpaired) electrons. The van der Waals surface area contributed by atoms with Crippen molar-refractivity contribution < 1.29 is 9.94 Å². The number of ether oxygens (including phenoxy) is 1. The summed E-state index contributed by atoms with van der Waals surface area (Å²) in [5.41, 5.74) is 1.93. The molecule has 0 aromatic heterocycles. The smallest absolute Gasteiger partial charge is 0.119 e.